The molecule has 5 nitrogen and oxygen atoms in total. The summed E-state index contributed by atoms with van der Waals surface area (Å²) < 4.78 is 11.1. The molecule has 1 saturated heterocycles. The summed E-state index contributed by atoms with van der Waals surface area (Å²) in [6.45, 7) is 0.194. The van der Waals surface area contributed by atoms with Crippen molar-refractivity contribution in [3.05, 3.63) is 53.2 Å². The molecule has 1 amide bonds. The van der Waals surface area contributed by atoms with Crippen LogP contribution in [0.5, 0.6) is 11.5 Å². The van der Waals surface area contributed by atoms with Gasteiger partial charge in [0.25, 0.3) is 5.91 Å². The zero-order valence-corrected chi connectivity index (χ0v) is 13.4. The standard InChI is InChI=1S/C16H10N2O3S2/c19-15-14(7-10-3-5-17-6-4-10)23-16(22)18(15)11-1-2-12-13(8-11)21-9-20-12/h1-8H,9H2. The topological polar surface area (TPSA) is 51.7 Å². The smallest absolute Gasteiger partial charge is 0.270 e. The number of ether oxygens (including phenoxy) is 2. The van der Waals surface area contributed by atoms with E-state index in [0.29, 0.717) is 26.4 Å². The number of carbonyl (C=O) groups is 1. The number of hydrogen-bond acceptors (Lipinski definition) is 6. The molecule has 3 heterocycles. The number of rotatable bonds is 2. The van der Waals surface area contributed by atoms with Gasteiger partial charge in [-0.25, -0.2) is 0 Å². The second kappa shape index (κ2) is 5.68. The molecule has 0 radical (unpaired) electrons. The minimum Gasteiger partial charge on any atom is -0.454 e. The molecule has 0 atom stereocenters. The Morgan fingerprint density at radius 1 is 1.17 bits per heavy atom. The highest BCUT2D eigenvalue weighted by Gasteiger charge is 2.34. The van der Waals surface area contributed by atoms with Gasteiger partial charge in [0, 0.05) is 18.5 Å². The minimum absolute atomic E-state index is 0.143. The van der Waals surface area contributed by atoms with Gasteiger partial charge in [0.15, 0.2) is 15.8 Å². The Balaban J connectivity index is 1.67. The van der Waals surface area contributed by atoms with Crippen molar-refractivity contribution in [2.24, 2.45) is 0 Å². The second-order valence-corrected chi connectivity index (χ2v) is 6.51. The van der Waals surface area contributed by atoms with Crippen LogP contribution in [0.15, 0.2) is 47.6 Å². The Bertz CT molecular complexity index is 836. The van der Waals surface area contributed by atoms with Gasteiger partial charge in [-0.15, -0.1) is 0 Å². The summed E-state index contributed by atoms with van der Waals surface area (Å²) in [6.07, 6.45) is 5.18. The van der Waals surface area contributed by atoms with E-state index >= 15 is 0 Å². The van der Waals surface area contributed by atoms with Crippen molar-refractivity contribution in [3.63, 3.8) is 0 Å². The molecule has 1 aromatic heterocycles. The quantitative estimate of drug-likeness (QED) is 0.617. The summed E-state index contributed by atoms with van der Waals surface area (Å²) in [4.78, 5) is 18.7. The molecular formula is C16H10N2O3S2. The molecule has 7 heteroatoms. The van der Waals surface area contributed by atoms with E-state index in [9.17, 15) is 4.79 Å². The Hall–Kier alpha value is -2.38. The molecule has 0 bridgehead atoms. The van der Waals surface area contributed by atoms with Crippen LogP contribution < -0.4 is 14.4 Å². The maximum Gasteiger partial charge on any atom is 0.270 e. The molecule has 2 aliphatic rings. The highest BCUT2D eigenvalue weighted by atomic mass is 32.2. The van der Waals surface area contributed by atoms with Crippen LogP contribution in [0.25, 0.3) is 6.08 Å². The van der Waals surface area contributed by atoms with Gasteiger partial charge >= 0.3 is 0 Å². The number of fused-ring (bicyclic) bond motifs is 1. The fraction of sp³-hybridized carbons (Fsp3) is 0.0625. The zero-order chi connectivity index (χ0) is 15.8. The lowest BCUT2D eigenvalue weighted by Gasteiger charge is -2.14. The van der Waals surface area contributed by atoms with Crippen LogP contribution in [0, 0.1) is 0 Å². The molecule has 2 aromatic rings. The Labute approximate surface area is 141 Å². The number of thiocarbonyl (C=S) groups is 1. The molecule has 0 spiro atoms. The van der Waals surface area contributed by atoms with Crippen LogP contribution >= 0.6 is 24.0 Å². The van der Waals surface area contributed by atoms with E-state index in [1.807, 2.05) is 18.2 Å². The van der Waals surface area contributed by atoms with Gasteiger partial charge in [0.2, 0.25) is 6.79 Å². The first-order valence-corrected chi connectivity index (χ1v) is 8.02. The molecule has 23 heavy (non-hydrogen) atoms. The molecule has 0 N–H and O–H groups in total. The molecule has 0 saturated carbocycles. The molecule has 2 aliphatic heterocycles. The lowest BCUT2D eigenvalue weighted by Crippen LogP contribution is -2.27. The number of nitrogens with zero attached hydrogens (tertiary/aromatic N) is 2. The predicted octanol–water partition coefficient (Wildman–Crippen LogP) is 3.22. The molecular weight excluding hydrogens is 332 g/mol. The Morgan fingerprint density at radius 3 is 2.78 bits per heavy atom. The summed E-state index contributed by atoms with van der Waals surface area (Å²) in [5.74, 6) is 1.15. The largest absolute Gasteiger partial charge is 0.454 e. The third-order valence-electron chi connectivity index (χ3n) is 3.41. The summed E-state index contributed by atoms with van der Waals surface area (Å²) in [6, 6.07) is 9.03. The molecule has 0 aliphatic carbocycles. The number of hydrogen-bond donors (Lipinski definition) is 0. The van der Waals surface area contributed by atoms with Crippen molar-refractivity contribution in [1.29, 1.82) is 0 Å². The minimum atomic E-state index is -0.143. The maximum atomic E-state index is 12.7. The maximum absolute atomic E-state index is 12.7. The number of amides is 1. The van der Waals surface area contributed by atoms with Gasteiger partial charge in [-0.05, 0) is 35.9 Å². The van der Waals surface area contributed by atoms with Gasteiger partial charge in [-0.2, -0.15) is 0 Å². The fourth-order valence-electron chi connectivity index (χ4n) is 2.33. The van der Waals surface area contributed by atoms with Gasteiger partial charge in [-0.1, -0.05) is 24.0 Å². The molecule has 114 valence electrons. The van der Waals surface area contributed by atoms with E-state index in [0.717, 1.165) is 5.56 Å². The number of carbonyl (C=O) groups excluding carboxylic acids is 1. The predicted molar refractivity (Wildman–Crippen MR) is 92.5 cm³/mol. The molecule has 1 aromatic carbocycles. The van der Waals surface area contributed by atoms with Crippen molar-refractivity contribution in [1.82, 2.24) is 4.98 Å². The summed E-state index contributed by atoms with van der Waals surface area (Å²) in [7, 11) is 0. The Kier molecular flexibility index (Phi) is 3.51. The number of benzene rings is 1. The zero-order valence-electron chi connectivity index (χ0n) is 11.8. The highest BCUT2D eigenvalue weighted by molar-refractivity contribution is 8.27. The van der Waals surface area contributed by atoms with E-state index in [1.165, 1.54) is 16.7 Å². The average Bonchev–Trinajstić information content (AvgIpc) is 3.13. The van der Waals surface area contributed by atoms with Crippen molar-refractivity contribution < 1.29 is 14.3 Å². The number of aromatic nitrogens is 1. The van der Waals surface area contributed by atoms with Crippen molar-refractivity contribution in [2.75, 3.05) is 11.7 Å². The van der Waals surface area contributed by atoms with Crippen LogP contribution in [-0.4, -0.2) is 22.0 Å². The van der Waals surface area contributed by atoms with Crippen LogP contribution in [0.2, 0.25) is 0 Å². The van der Waals surface area contributed by atoms with Crippen molar-refractivity contribution >= 4 is 46.0 Å². The van der Waals surface area contributed by atoms with E-state index in [1.54, 1.807) is 30.6 Å². The van der Waals surface area contributed by atoms with Gasteiger partial charge in [0.05, 0.1) is 10.6 Å². The molecule has 4 rings (SSSR count). The van der Waals surface area contributed by atoms with Crippen LogP contribution in [0.3, 0.4) is 0 Å². The number of thioether (sulfide) groups is 1. The first-order valence-electron chi connectivity index (χ1n) is 6.80. The first kappa shape index (κ1) is 14.2. The van der Waals surface area contributed by atoms with E-state index in [-0.39, 0.29) is 12.7 Å². The lowest BCUT2D eigenvalue weighted by atomic mass is 10.2. The third-order valence-corrected chi connectivity index (χ3v) is 4.71. The summed E-state index contributed by atoms with van der Waals surface area (Å²) >= 11 is 6.64. The highest BCUT2D eigenvalue weighted by Crippen LogP contribution is 2.40. The number of anilines is 1. The molecule has 1 fully saturated rings. The van der Waals surface area contributed by atoms with E-state index in [2.05, 4.69) is 4.98 Å². The third kappa shape index (κ3) is 2.58. The van der Waals surface area contributed by atoms with E-state index in [4.69, 9.17) is 21.7 Å². The Morgan fingerprint density at radius 2 is 1.96 bits per heavy atom. The monoisotopic (exact) mass is 342 g/mol. The van der Waals surface area contributed by atoms with Gasteiger partial charge in [0.1, 0.15) is 0 Å². The van der Waals surface area contributed by atoms with E-state index < -0.39 is 0 Å². The SMILES string of the molecule is O=C1C(=Cc2ccncc2)SC(=S)N1c1ccc2c(c1)OCO2. The van der Waals surface area contributed by atoms with Gasteiger partial charge in [-0.3, -0.25) is 14.7 Å². The lowest BCUT2D eigenvalue weighted by molar-refractivity contribution is -0.113. The fourth-order valence-corrected chi connectivity index (χ4v) is 3.62. The van der Waals surface area contributed by atoms with Crippen LogP contribution in [-0.2, 0) is 4.79 Å². The average molecular weight is 342 g/mol. The second-order valence-electron chi connectivity index (χ2n) is 4.84. The van der Waals surface area contributed by atoms with Crippen molar-refractivity contribution in [3.8, 4) is 11.5 Å². The summed E-state index contributed by atoms with van der Waals surface area (Å²) in [5.41, 5.74) is 1.58. The van der Waals surface area contributed by atoms with Crippen LogP contribution in [0.4, 0.5) is 5.69 Å². The number of pyridine rings is 1. The van der Waals surface area contributed by atoms with Gasteiger partial charge < -0.3 is 9.47 Å². The van der Waals surface area contributed by atoms with Crippen LogP contribution in [0.1, 0.15) is 5.56 Å². The van der Waals surface area contributed by atoms with Crippen molar-refractivity contribution in [2.45, 2.75) is 0 Å². The first-order chi connectivity index (χ1) is 11.2. The molecule has 0 unspecified atom stereocenters. The summed E-state index contributed by atoms with van der Waals surface area (Å²) in [5, 5.41) is 0. The normalized spacial score (nSPS) is 18.1.